The SMILES string of the molecule is CC(NC(=O)c1c[nH]c(=O)n(Cc2ccccn2)c1=O)c1ccccc1. The molecule has 0 aliphatic carbocycles. The average molecular weight is 350 g/mol. The van der Waals surface area contributed by atoms with Crippen LogP contribution in [-0.2, 0) is 6.54 Å². The van der Waals surface area contributed by atoms with Gasteiger partial charge >= 0.3 is 5.69 Å². The molecule has 26 heavy (non-hydrogen) atoms. The average Bonchev–Trinajstić information content (AvgIpc) is 2.66. The number of hydrogen-bond acceptors (Lipinski definition) is 4. The van der Waals surface area contributed by atoms with Gasteiger partial charge in [-0.3, -0.25) is 19.1 Å². The van der Waals surface area contributed by atoms with Gasteiger partial charge in [0.25, 0.3) is 11.5 Å². The fraction of sp³-hybridized carbons (Fsp3) is 0.158. The molecule has 2 N–H and O–H groups in total. The first-order chi connectivity index (χ1) is 12.6. The molecule has 132 valence electrons. The molecule has 2 heterocycles. The Morgan fingerprint density at radius 2 is 1.88 bits per heavy atom. The van der Waals surface area contributed by atoms with Gasteiger partial charge in [0.15, 0.2) is 0 Å². The lowest BCUT2D eigenvalue weighted by Gasteiger charge is -2.14. The van der Waals surface area contributed by atoms with E-state index >= 15 is 0 Å². The highest BCUT2D eigenvalue weighted by Crippen LogP contribution is 2.11. The van der Waals surface area contributed by atoms with Crippen LogP contribution in [0.2, 0.25) is 0 Å². The molecular weight excluding hydrogens is 332 g/mol. The van der Waals surface area contributed by atoms with E-state index in [0.717, 1.165) is 16.3 Å². The summed E-state index contributed by atoms with van der Waals surface area (Å²) in [4.78, 5) is 43.7. The Labute approximate surface area is 149 Å². The van der Waals surface area contributed by atoms with Crippen LogP contribution in [0.5, 0.6) is 0 Å². The highest BCUT2D eigenvalue weighted by Gasteiger charge is 2.17. The van der Waals surface area contributed by atoms with Crippen LogP contribution in [-0.4, -0.2) is 20.4 Å². The first kappa shape index (κ1) is 17.3. The summed E-state index contributed by atoms with van der Waals surface area (Å²) in [6.45, 7) is 1.82. The van der Waals surface area contributed by atoms with Gasteiger partial charge in [-0.1, -0.05) is 36.4 Å². The number of aromatic nitrogens is 3. The van der Waals surface area contributed by atoms with Gasteiger partial charge in [0, 0.05) is 12.4 Å². The quantitative estimate of drug-likeness (QED) is 0.728. The predicted molar refractivity (Wildman–Crippen MR) is 97.0 cm³/mol. The van der Waals surface area contributed by atoms with Crippen molar-refractivity contribution in [2.45, 2.75) is 19.5 Å². The Morgan fingerprint density at radius 3 is 2.58 bits per heavy atom. The number of nitrogens with zero attached hydrogens (tertiary/aromatic N) is 2. The van der Waals surface area contributed by atoms with Crippen molar-refractivity contribution in [1.29, 1.82) is 0 Å². The van der Waals surface area contributed by atoms with E-state index in [1.54, 1.807) is 24.4 Å². The third-order valence-corrected chi connectivity index (χ3v) is 4.00. The number of hydrogen-bond donors (Lipinski definition) is 2. The monoisotopic (exact) mass is 350 g/mol. The number of carbonyl (C=O) groups excluding carboxylic acids is 1. The van der Waals surface area contributed by atoms with Crippen LogP contribution in [0.15, 0.2) is 70.5 Å². The van der Waals surface area contributed by atoms with Crippen LogP contribution in [0, 0.1) is 0 Å². The number of amides is 1. The summed E-state index contributed by atoms with van der Waals surface area (Å²) in [5.74, 6) is -0.544. The van der Waals surface area contributed by atoms with Gasteiger partial charge in [-0.2, -0.15) is 0 Å². The van der Waals surface area contributed by atoms with Gasteiger partial charge in [-0.25, -0.2) is 4.79 Å². The Kier molecular flexibility index (Phi) is 5.07. The minimum atomic E-state index is -0.655. The number of carbonyl (C=O) groups is 1. The number of nitrogens with one attached hydrogen (secondary N) is 2. The van der Waals surface area contributed by atoms with Crippen LogP contribution < -0.4 is 16.6 Å². The second-order valence-corrected chi connectivity index (χ2v) is 5.83. The molecule has 3 rings (SSSR count). The molecule has 1 unspecified atom stereocenters. The van der Waals surface area contributed by atoms with Crippen molar-refractivity contribution in [1.82, 2.24) is 19.9 Å². The molecule has 7 heteroatoms. The molecule has 0 saturated heterocycles. The number of aromatic amines is 1. The van der Waals surface area contributed by atoms with Crippen molar-refractivity contribution in [2.24, 2.45) is 0 Å². The van der Waals surface area contributed by atoms with Crippen molar-refractivity contribution >= 4 is 5.91 Å². The zero-order valence-electron chi connectivity index (χ0n) is 14.2. The van der Waals surface area contributed by atoms with E-state index in [9.17, 15) is 14.4 Å². The van der Waals surface area contributed by atoms with E-state index in [-0.39, 0.29) is 18.2 Å². The minimum Gasteiger partial charge on any atom is -0.345 e. The van der Waals surface area contributed by atoms with E-state index in [4.69, 9.17) is 0 Å². The molecule has 1 aromatic carbocycles. The van der Waals surface area contributed by atoms with Crippen LogP contribution in [0.4, 0.5) is 0 Å². The van der Waals surface area contributed by atoms with E-state index in [0.29, 0.717) is 5.69 Å². The van der Waals surface area contributed by atoms with E-state index in [2.05, 4.69) is 15.3 Å². The van der Waals surface area contributed by atoms with Gasteiger partial charge in [-0.05, 0) is 24.6 Å². The molecule has 0 bridgehead atoms. The summed E-state index contributed by atoms with van der Waals surface area (Å²) in [6, 6.07) is 14.3. The summed E-state index contributed by atoms with van der Waals surface area (Å²) in [7, 11) is 0. The number of benzene rings is 1. The number of H-pyrrole nitrogens is 1. The summed E-state index contributed by atoms with van der Waals surface area (Å²) < 4.78 is 0.963. The lowest BCUT2D eigenvalue weighted by Crippen LogP contribution is -2.41. The molecule has 1 atom stereocenters. The molecule has 0 spiro atoms. The highest BCUT2D eigenvalue weighted by molar-refractivity contribution is 5.93. The molecule has 0 radical (unpaired) electrons. The van der Waals surface area contributed by atoms with Crippen molar-refractivity contribution in [2.75, 3.05) is 0 Å². The van der Waals surface area contributed by atoms with Gasteiger partial charge in [-0.15, -0.1) is 0 Å². The molecule has 0 aliphatic rings. The van der Waals surface area contributed by atoms with E-state index in [1.807, 2.05) is 37.3 Å². The fourth-order valence-corrected chi connectivity index (χ4v) is 2.57. The van der Waals surface area contributed by atoms with Crippen LogP contribution in [0.3, 0.4) is 0 Å². The normalized spacial score (nSPS) is 11.7. The van der Waals surface area contributed by atoms with Gasteiger partial charge in [0.05, 0.1) is 18.3 Å². The van der Waals surface area contributed by atoms with Gasteiger partial charge in [0.2, 0.25) is 0 Å². The van der Waals surface area contributed by atoms with E-state index in [1.165, 1.54) is 0 Å². The second kappa shape index (κ2) is 7.60. The Bertz CT molecular complexity index is 1010. The molecule has 0 fully saturated rings. The smallest absolute Gasteiger partial charge is 0.328 e. The zero-order chi connectivity index (χ0) is 18.5. The standard InChI is InChI=1S/C19H18N4O3/c1-13(14-7-3-2-4-8-14)22-17(24)16-11-21-19(26)23(18(16)25)12-15-9-5-6-10-20-15/h2-11,13H,12H2,1H3,(H,21,26)(H,22,24). The Hall–Kier alpha value is -3.48. The maximum absolute atomic E-state index is 12.6. The molecule has 1 amide bonds. The fourth-order valence-electron chi connectivity index (χ4n) is 2.57. The van der Waals surface area contributed by atoms with Crippen LogP contribution >= 0.6 is 0 Å². The predicted octanol–water partition coefficient (Wildman–Crippen LogP) is 1.47. The Balaban J connectivity index is 1.86. The summed E-state index contributed by atoms with van der Waals surface area (Å²) in [6.07, 6.45) is 2.72. The minimum absolute atomic E-state index is 0.00956. The number of rotatable bonds is 5. The van der Waals surface area contributed by atoms with E-state index < -0.39 is 17.2 Å². The molecule has 7 nitrogen and oxygen atoms in total. The molecule has 0 saturated carbocycles. The van der Waals surface area contributed by atoms with Crippen molar-refractivity contribution in [3.05, 3.63) is 98.6 Å². The van der Waals surface area contributed by atoms with Crippen LogP contribution in [0.25, 0.3) is 0 Å². The highest BCUT2D eigenvalue weighted by atomic mass is 16.2. The zero-order valence-corrected chi connectivity index (χ0v) is 14.2. The molecule has 2 aromatic heterocycles. The maximum atomic E-state index is 12.6. The van der Waals surface area contributed by atoms with Crippen molar-refractivity contribution in [3.8, 4) is 0 Å². The number of pyridine rings is 1. The molecular formula is C19H18N4O3. The summed E-state index contributed by atoms with van der Waals surface area (Å²) >= 11 is 0. The lowest BCUT2D eigenvalue weighted by molar-refractivity contribution is 0.0937. The Morgan fingerprint density at radius 1 is 1.15 bits per heavy atom. The van der Waals surface area contributed by atoms with Crippen molar-refractivity contribution in [3.63, 3.8) is 0 Å². The van der Waals surface area contributed by atoms with Crippen molar-refractivity contribution < 1.29 is 4.79 Å². The lowest BCUT2D eigenvalue weighted by atomic mass is 10.1. The second-order valence-electron chi connectivity index (χ2n) is 5.83. The third-order valence-electron chi connectivity index (χ3n) is 4.00. The third kappa shape index (κ3) is 3.77. The van der Waals surface area contributed by atoms with Gasteiger partial charge < -0.3 is 10.3 Å². The molecule has 0 aliphatic heterocycles. The first-order valence-electron chi connectivity index (χ1n) is 8.14. The topological polar surface area (TPSA) is 96.8 Å². The molecule has 3 aromatic rings. The largest absolute Gasteiger partial charge is 0.345 e. The van der Waals surface area contributed by atoms with Crippen LogP contribution in [0.1, 0.15) is 34.6 Å². The first-order valence-corrected chi connectivity index (χ1v) is 8.14. The van der Waals surface area contributed by atoms with Gasteiger partial charge in [0.1, 0.15) is 5.56 Å². The summed E-state index contributed by atoms with van der Waals surface area (Å²) in [5, 5.41) is 2.77. The summed E-state index contributed by atoms with van der Waals surface area (Å²) in [5.41, 5.74) is 0.100. The maximum Gasteiger partial charge on any atom is 0.328 e.